The van der Waals surface area contributed by atoms with Gasteiger partial charge in [-0.25, -0.2) is 17.9 Å². The Hall–Kier alpha value is -1.11. The quantitative estimate of drug-likeness (QED) is 0.844. The van der Waals surface area contributed by atoms with Gasteiger partial charge in [0.25, 0.3) is 0 Å². The molecule has 2 N–H and O–H groups in total. The van der Waals surface area contributed by atoms with Crippen molar-refractivity contribution in [2.45, 2.75) is 37.1 Å². The van der Waals surface area contributed by atoms with Crippen LogP contribution in [0.3, 0.4) is 0 Å². The predicted molar refractivity (Wildman–Crippen MR) is 75.5 cm³/mol. The average Bonchev–Trinajstić information content (AvgIpc) is 3.11. The average molecular weight is 318 g/mol. The number of benzene rings is 1. The maximum atomic E-state index is 12.2. The van der Waals surface area contributed by atoms with Crippen LogP contribution >= 0.6 is 11.6 Å². The fraction of sp³-hybridized carbons (Fsp3) is 0.462. The first kappa shape index (κ1) is 15.3. The van der Waals surface area contributed by atoms with Crippen molar-refractivity contribution >= 4 is 27.6 Å². The zero-order valence-corrected chi connectivity index (χ0v) is 12.5. The maximum absolute atomic E-state index is 12.2. The van der Waals surface area contributed by atoms with E-state index in [1.807, 2.05) is 6.92 Å². The number of aromatic carboxylic acids is 1. The van der Waals surface area contributed by atoms with E-state index in [0.717, 1.165) is 25.3 Å². The smallest absolute Gasteiger partial charge is 0.337 e. The van der Waals surface area contributed by atoms with Gasteiger partial charge in [0.1, 0.15) is 0 Å². The Morgan fingerprint density at radius 2 is 2.15 bits per heavy atom. The van der Waals surface area contributed by atoms with E-state index in [9.17, 15) is 13.2 Å². The Labute approximate surface area is 123 Å². The van der Waals surface area contributed by atoms with Gasteiger partial charge in [-0.3, -0.25) is 0 Å². The molecule has 2 rings (SSSR count). The molecule has 1 saturated carbocycles. The van der Waals surface area contributed by atoms with Crippen molar-refractivity contribution in [3.63, 3.8) is 0 Å². The van der Waals surface area contributed by atoms with Crippen molar-refractivity contribution in [1.29, 1.82) is 0 Å². The third kappa shape index (κ3) is 3.71. The van der Waals surface area contributed by atoms with Gasteiger partial charge in [-0.1, -0.05) is 24.4 Å². The normalized spacial score (nSPS) is 16.9. The van der Waals surface area contributed by atoms with E-state index < -0.39 is 16.0 Å². The van der Waals surface area contributed by atoms with Crippen LogP contribution in [0.15, 0.2) is 23.1 Å². The third-order valence-electron chi connectivity index (χ3n) is 3.22. The van der Waals surface area contributed by atoms with Gasteiger partial charge in [0.05, 0.1) is 15.5 Å². The number of rotatable bonds is 6. The Bertz CT molecular complexity index is 625. The molecule has 1 aromatic rings. The summed E-state index contributed by atoms with van der Waals surface area (Å²) in [5.74, 6) is -0.648. The second kappa shape index (κ2) is 5.71. The summed E-state index contributed by atoms with van der Waals surface area (Å²) >= 11 is 5.73. The third-order valence-corrected chi connectivity index (χ3v) is 5.14. The number of carboxylic acid groups (broad SMARTS) is 1. The molecule has 1 fully saturated rings. The summed E-state index contributed by atoms with van der Waals surface area (Å²) in [6.07, 6.45) is 3.10. The second-order valence-corrected chi connectivity index (χ2v) is 7.27. The summed E-state index contributed by atoms with van der Waals surface area (Å²) in [5.41, 5.74) is -0.218. The highest BCUT2D eigenvalue weighted by Gasteiger charge is 2.26. The van der Waals surface area contributed by atoms with Crippen molar-refractivity contribution < 1.29 is 18.3 Å². The van der Waals surface area contributed by atoms with E-state index in [1.54, 1.807) is 0 Å². The molecule has 0 aliphatic heterocycles. The summed E-state index contributed by atoms with van der Waals surface area (Å²) in [4.78, 5) is 10.9. The largest absolute Gasteiger partial charge is 0.478 e. The minimum atomic E-state index is -3.72. The molecule has 0 spiro atoms. The Morgan fingerprint density at radius 3 is 2.70 bits per heavy atom. The molecule has 1 aliphatic rings. The fourth-order valence-corrected chi connectivity index (χ4v) is 3.55. The summed E-state index contributed by atoms with van der Waals surface area (Å²) in [7, 11) is -3.72. The van der Waals surface area contributed by atoms with Crippen LogP contribution in [-0.4, -0.2) is 25.5 Å². The van der Waals surface area contributed by atoms with Crippen molar-refractivity contribution in [1.82, 2.24) is 4.72 Å². The standard InChI is InChI=1S/C13H16ClNO4S/c1-8(6-9-2-3-9)15-20(18,19)10-4-5-12(14)11(7-10)13(16)17/h4-5,7-9,15H,2-3,6H2,1H3,(H,16,17). The van der Waals surface area contributed by atoms with Crippen molar-refractivity contribution in [3.8, 4) is 0 Å². The van der Waals surface area contributed by atoms with Gasteiger partial charge in [0, 0.05) is 6.04 Å². The van der Waals surface area contributed by atoms with Crippen LogP contribution in [0.4, 0.5) is 0 Å². The van der Waals surface area contributed by atoms with Crippen LogP contribution in [-0.2, 0) is 10.0 Å². The number of hydrogen-bond acceptors (Lipinski definition) is 3. The minimum Gasteiger partial charge on any atom is -0.478 e. The molecule has 0 amide bonds. The number of hydrogen-bond donors (Lipinski definition) is 2. The second-order valence-electron chi connectivity index (χ2n) is 5.15. The minimum absolute atomic E-state index is 0.0162. The topological polar surface area (TPSA) is 83.5 Å². The van der Waals surface area contributed by atoms with Gasteiger partial charge in [-0.2, -0.15) is 0 Å². The Morgan fingerprint density at radius 1 is 1.50 bits per heavy atom. The maximum Gasteiger partial charge on any atom is 0.337 e. The molecule has 0 aromatic heterocycles. The Balaban J connectivity index is 2.19. The molecule has 7 heteroatoms. The van der Waals surface area contributed by atoms with Gasteiger partial charge < -0.3 is 5.11 Å². The Kier molecular flexibility index (Phi) is 4.36. The lowest BCUT2D eigenvalue weighted by atomic mass is 10.2. The van der Waals surface area contributed by atoms with Gasteiger partial charge in [0.15, 0.2) is 0 Å². The van der Waals surface area contributed by atoms with E-state index in [-0.39, 0.29) is 21.5 Å². The first-order valence-electron chi connectivity index (χ1n) is 6.35. The lowest BCUT2D eigenvalue weighted by Crippen LogP contribution is -2.33. The zero-order valence-electron chi connectivity index (χ0n) is 11.0. The van der Waals surface area contributed by atoms with E-state index in [4.69, 9.17) is 16.7 Å². The molecule has 1 atom stereocenters. The number of carboxylic acids is 1. The molecule has 20 heavy (non-hydrogen) atoms. The van der Waals surface area contributed by atoms with Gasteiger partial charge in [-0.05, 0) is 37.5 Å². The van der Waals surface area contributed by atoms with Crippen molar-refractivity contribution in [2.75, 3.05) is 0 Å². The van der Waals surface area contributed by atoms with E-state index in [2.05, 4.69) is 4.72 Å². The first-order valence-corrected chi connectivity index (χ1v) is 8.21. The van der Waals surface area contributed by atoms with E-state index >= 15 is 0 Å². The van der Waals surface area contributed by atoms with Crippen LogP contribution in [0.2, 0.25) is 5.02 Å². The summed E-state index contributed by atoms with van der Waals surface area (Å²) in [6, 6.07) is 3.50. The SMILES string of the molecule is CC(CC1CC1)NS(=O)(=O)c1ccc(Cl)c(C(=O)O)c1. The van der Waals surface area contributed by atoms with Crippen LogP contribution in [0.5, 0.6) is 0 Å². The summed E-state index contributed by atoms with van der Waals surface area (Å²) < 4.78 is 26.9. The van der Waals surface area contributed by atoms with Crippen LogP contribution < -0.4 is 4.72 Å². The van der Waals surface area contributed by atoms with E-state index in [1.165, 1.54) is 12.1 Å². The van der Waals surface area contributed by atoms with Crippen molar-refractivity contribution in [2.24, 2.45) is 5.92 Å². The highest BCUT2D eigenvalue weighted by Crippen LogP contribution is 2.33. The molecule has 110 valence electrons. The van der Waals surface area contributed by atoms with Crippen molar-refractivity contribution in [3.05, 3.63) is 28.8 Å². The van der Waals surface area contributed by atoms with Gasteiger partial charge in [-0.15, -0.1) is 0 Å². The van der Waals surface area contributed by atoms with Crippen LogP contribution in [0.1, 0.15) is 36.5 Å². The molecule has 1 aromatic carbocycles. The number of nitrogens with one attached hydrogen (secondary N) is 1. The fourth-order valence-electron chi connectivity index (χ4n) is 2.07. The van der Waals surface area contributed by atoms with Crippen LogP contribution in [0.25, 0.3) is 0 Å². The van der Waals surface area contributed by atoms with E-state index in [0.29, 0.717) is 5.92 Å². The highest BCUT2D eigenvalue weighted by molar-refractivity contribution is 7.89. The molecular weight excluding hydrogens is 302 g/mol. The molecule has 1 aliphatic carbocycles. The number of carbonyl (C=O) groups is 1. The summed E-state index contributed by atoms with van der Waals surface area (Å²) in [5, 5.41) is 8.98. The van der Waals surface area contributed by atoms with Crippen LogP contribution in [0, 0.1) is 5.92 Å². The molecule has 0 radical (unpaired) electrons. The number of halogens is 1. The number of sulfonamides is 1. The molecule has 1 unspecified atom stereocenters. The first-order chi connectivity index (χ1) is 9.29. The summed E-state index contributed by atoms with van der Waals surface area (Å²) in [6.45, 7) is 1.81. The monoisotopic (exact) mass is 317 g/mol. The molecular formula is C13H16ClNO4S. The highest BCUT2D eigenvalue weighted by atomic mass is 35.5. The van der Waals surface area contributed by atoms with Gasteiger partial charge in [0.2, 0.25) is 10.0 Å². The lowest BCUT2D eigenvalue weighted by molar-refractivity contribution is 0.0697. The molecule has 0 saturated heterocycles. The zero-order chi connectivity index (χ0) is 14.9. The molecule has 0 heterocycles. The lowest BCUT2D eigenvalue weighted by Gasteiger charge is -2.14. The predicted octanol–water partition coefficient (Wildman–Crippen LogP) is 2.51. The van der Waals surface area contributed by atoms with Gasteiger partial charge >= 0.3 is 5.97 Å². The molecule has 0 bridgehead atoms. The molecule has 5 nitrogen and oxygen atoms in total.